The van der Waals surface area contributed by atoms with Crippen LogP contribution in [0, 0.1) is 0 Å². The number of fused-ring (bicyclic) bond motifs is 1. The van der Waals surface area contributed by atoms with Gasteiger partial charge in [-0.3, -0.25) is 9.89 Å². The van der Waals surface area contributed by atoms with E-state index in [4.69, 9.17) is 0 Å². The minimum Gasteiger partial charge on any atom is -0.298 e. The van der Waals surface area contributed by atoms with Gasteiger partial charge in [0.05, 0.1) is 5.69 Å². The normalized spacial score (nSPS) is 16.9. The smallest absolute Gasteiger partial charge is 0.252 e. The van der Waals surface area contributed by atoms with Crippen molar-refractivity contribution in [3.8, 4) is 11.3 Å². The van der Waals surface area contributed by atoms with Crippen molar-refractivity contribution in [1.82, 2.24) is 10.2 Å². The summed E-state index contributed by atoms with van der Waals surface area (Å²) in [6, 6.07) is 6.83. The molecule has 0 saturated heterocycles. The number of aldehydes is 1. The number of carbonyl (C=O) groups excluding carboxylic acids is 1. The Balaban J connectivity index is 2.07. The van der Waals surface area contributed by atoms with E-state index in [1.54, 1.807) is 24.3 Å². The highest BCUT2D eigenvalue weighted by molar-refractivity contribution is 5.78. The van der Waals surface area contributed by atoms with Crippen LogP contribution in [0.15, 0.2) is 24.3 Å². The van der Waals surface area contributed by atoms with Crippen LogP contribution in [0.25, 0.3) is 11.3 Å². The molecule has 0 fully saturated rings. The number of H-pyrrole nitrogens is 1. The van der Waals surface area contributed by atoms with Crippen molar-refractivity contribution >= 4 is 6.29 Å². The van der Waals surface area contributed by atoms with Crippen molar-refractivity contribution in [2.45, 2.75) is 25.2 Å². The Kier molecular flexibility index (Phi) is 2.69. The average Bonchev–Trinajstić information content (AvgIpc) is 2.80. The lowest BCUT2D eigenvalue weighted by atomic mass is 9.91. The molecule has 0 unspecified atom stereocenters. The zero-order valence-electron chi connectivity index (χ0n) is 10.1. The number of alkyl halides is 2. The molecule has 3 rings (SSSR count). The molecule has 1 aliphatic carbocycles. The Morgan fingerprint density at radius 3 is 3.00 bits per heavy atom. The summed E-state index contributed by atoms with van der Waals surface area (Å²) >= 11 is 0. The van der Waals surface area contributed by atoms with Gasteiger partial charge in [0.2, 0.25) is 0 Å². The van der Waals surface area contributed by atoms with Gasteiger partial charge in [0.1, 0.15) is 6.29 Å². The maximum atomic E-state index is 13.5. The first-order chi connectivity index (χ1) is 9.09. The van der Waals surface area contributed by atoms with E-state index in [-0.39, 0.29) is 12.8 Å². The molecule has 1 aromatic carbocycles. The molecule has 0 radical (unpaired) electrons. The first-order valence-electron chi connectivity index (χ1n) is 6.09. The maximum Gasteiger partial charge on any atom is 0.252 e. The van der Waals surface area contributed by atoms with E-state index in [2.05, 4.69) is 10.2 Å². The van der Waals surface area contributed by atoms with Crippen molar-refractivity contribution < 1.29 is 13.6 Å². The number of benzene rings is 1. The number of hydrogen-bond donors (Lipinski definition) is 1. The van der Waals surface area contributed by atoms with Crippen LogP contribution in [0.5, 0.6) is 0 Å². The monoisotopic (exact) mass is 262 g/mol. The van der Waals surface area contributed by atoms with Gasteiger partial charge in [0.15, 0.2) is 0 Å². The number of carbonyl (C=O) groups is 1. The van der Waals surface area contributed by atoms with Crippen molar-refractivity contribution in [3.05, 3.63) is 41.1 Å². The molecule has 19 heavy (non-hydrogen) atoms. The fourth-order valence-electron chi connectivity index (χ4n) is 2.45. The van der Waals surface area contributed by atoms with Gasteiger partial charge in [-0.15, -0.1) is 0 Å². The topological polar surface area (TPSA) is 45.8 Å². The minimum atomic E-state index is -2.67. The molecule has 0 amide bonds. The third kappa shape index (κ3) is 2.16. The molecule has 98 valence electrons. The van der Waals surface area contributed by atoms with Crippen molar-refractivity contribution in [3.63, 3.8) is 0 Å². The van der Waals surface area contributed by atoms with Crippen molar-refractivity contribution in [2.75, 3.05) is 0 Å². The van der Waals surface area contributed by atoms with Gasteiger partial charge in [0, 0.05) is 35.2 Å². The third-order valence-electron chi connectivity index (χ3n) is 3.43. The Hall–Kier alpha value is -2.04. The van der Waals surface area contributed by atoms with E-state index >= 15 is 0 Å². The number of rotatable bonds is 2. The van der Waals surface area contributed by atoms with Crippen LogP contribution < -0.4 is 0 Å². The van der Waals surface area contributed by atoms with Gasteiger partial charge in [-0.05, 0) is 12.5 Å². The Bertz CT molecular complexity index is 634. The lowest BCUT2D eigenvalue weighted by Crippen LogP contribution is -2.25. The summed E-state index contributed by atoms with van der Waals surface area (Å²) in [6.07, 6.45) is 0.607. The van der Waals surface area contributed by atoms with E-state index in [0.717, 1.165) is 12.0 Å². The highest BCUT2D eigenvalue weighted by Crippen LogP contribution is 2.36. The van der Waals surface area contributed by atoms with E-state index in [9.17, 15) is 13.6 Å². The molecule has 0 saturated carbocycles. The quantitative estimate of drug-likeness (QED) is 0.845. The van der Waals surface area contributed by atoms with Crippen LogP contribution in [0.4, 0.5) is 8.78 Å². The van der Waals surface area contributed by atoms with Crippen LogP contribution in [-0.2, 0) is 12.8 Å². The predicted molar refractivity (Wildman–Crippen MR) is 66.4 cm³/mol. The van der Waals surface area contributed by atoms with Gasteiger partial charge in [-0.1, -0.05) is 18.2 Å². The summed E-state index contributed by atoms with van der Waals surface area (Å²) in [5.74, 6) is -2.67. The van der Waals surface area contributed by atoms with E-state index < -0.39 is 5.92 Å². The summed E-state index contributed by atoms with van der Waals surface area (Å²) in [7, 11) is 0. The molecule has 0 aliphatic heterocycles. The van der Waals surface area contributed by atoms with Crippen molar-refractivity contribution in [2.24, 2.45) is 0 Å². The van der Waals surface area contributed by atoms with Crippen LogP contribution in [0.1, 0.15) is 28.0 Å². The molecule has 5 heteroatoms. The predicted octanol–water partition coefficient (Wildman–Crippen LogP) is 3.01. The van der Waals surface area contributed by atoms with Gasteiger partial charge in [-0.25, -0.2) is 8.78 Å². The summed E-state index contributed by atoms with van der Waals surface area (Å²) < 4.78 is 27.0. The first kappa shape index (κ1) is 12.0. The second kappa shape index (κ2) is 4.26. The van der Waals surface area contributed by atoms with Gasteiger partial charge >= 0.3 is 0 Å². The molecule has 1 aliphatic rings. The fourth-order valence-corrected chi connectivity index (χ4v) is 2.45. The summed E-state index contributed by atoms with van der Waals surface area (Å²) in [4.78, 5) is 10.8. The molecule has 2 aromatic rings. The number of hydrogen-bond acceptors (Lipinski definition) is 2. The molecule has 3 nitrogen and oxygen atoms in total. The SMILES string of the molecule is O=Cc1cccc(-c2n[nH]c3c2CC(F)(F)CC3)c1. The lowest BCUT2D eigenvalue weighted by Gasteiger charge is -2.21. The summed E-state index contributed by atoms with van der Waals surface area (Å²) in [5, 5.41) is 6.96. The second-order valence-electron chi connectivity index (χ2n) is 4.81. The molecular weight excluding hydrogens is 250 g/mol. The standard InChI is InChI=1S/C14H12F2N2O/c15-14(16)5-4-12-11(7-14)13(18-17-12)10-3-1-2-9(6-10)8-19/h1-3,6,8H,4-5,7H2,(H,17,18). The number of aryl methyl sites for hydroxylation is 1. The molecule has 0 spiro atoms. The fraction of sp³-hybridized carbons (Fsp3) is 0.286. The second-order valence-corrected chi connectivity index (χ2v) is 4.81. The molecule has 0 atom stereocenters. The number of nitrogens with zero attached hydrogens (tertiary/aromatic N) is 1. The number of nitrogens with one attached hydrogen (secondary N) is 1. The zero-order valence-corrected chi connectivity index (χ0v) is 10.1. The number of halogens is 2. The molecular formula is C14H12F2N2O. The van der Waals surface area contributed by atoms with Gasteiger partial charge < -0.3 is 0 Å². The van der Waals surface area contributed by atoms with E-state index in [1.807, 2.05) is 0 Å². The van der Waals surface area contributed by atoms with E-state index in [0.29, 0.717) is 28.8 Å². The van der Waals surface area contributed by atoms with Crippen LogP contribution >= 0.6 is 0 Å². The van der Waals surface area contributed by atoms with E-state index in [1.165, 1.54) is 0 Å². The summed E-state index contributed by atoms with van der Waals surface area (Å²) in [6.45, 7) is 0. The Labute approximate surface area is 108 Å². The molecule has 1 heterocycles. The third-order valence-corrected chi connectivity index (χ3v) is 3.43. The van der Waals surface area contributed by atoms with Gasteiger partial charge in [-0.2, -0.15) is 5.10 Å². The zero-order chi connectivity index (χ0) is 13.5. The minimum absolute atomic E-state index is 0.143. The number of aromatic amines is 1. The van der Waals surface area contributed by atoms with Crippen LogP contribution in [0.2, 0.25) is 0 Å². The molecule has 1 aromatic heterocycles. The first-order valence-corrected chi connectivity index (χ1v) is 6.09. The van der Waals surface area contributed by atoms with Gasteiger partial charge in [0.25, 0.3) is 5.92 Å². The maximum absolute atomic E-state index is 13.5. The van der Waals surface area contributed by atoms with Crippen LogP contribution in [-0.4, -0.2) is 22.4 Å². The van der Waals surface area contributed by atoms with Crippen molar-refractivity contribution in [1.29, 1.82) is 0 Å². The van der Waals surface area contributed by atoms with Crippen LogP contribution in [0.3, 0.4) is 0 Å². The number of aromatic nitrogens is 2. The highest BCUT2D eigenvalue weighted by atomic mass is 19.3. The highest BCUT2D eigenvalue weighted by Gasteiger charge is 2.36. The summed E-state index contributed by atoms with van der Waals surface area (Å²) in [5.41, 5.74) is 3.08. The Morgan fingerprint density at radius 2 is 2.21 bits per heavy atom. The average molecular weight is 262 g/mol. The largest absolute Gasteiger partial charge is 0.298 e. The lowest BCUT2D eigenvalue weighted by molar-refractivity contribution is -0.0123. The molecule has 0 bridgehead atoms. The Morgan fingerprint density at radius 1 is 1.37 bits per heavy atom. The molecule has 1 N–H and O–H groups in total.